The van der Waals surface area contributed by atoms with Crippen molar-refractivity contribution in [1.82, 2.24) is 5.32 Å². The average Bonchev–Trinajstić information content (AvgIpc) is 2.63. The van der Waals surface area contributed by atoms with E-state index in [0.717, 1.165) is 25.0 Å². The van der Waals surface area contributed by atoms with Crippen LogP contribution < -0.4 is 5.32 Å². The van der Waals surface area contributed by atoms with Gasteiger partial charge in [-0.1, -0.05) is 13.3 Å². The third-order valence-electron chi connectivity index (χ3n) is 2.00. The molecule has 0 saturated heterocycles. The maximum Gasteiger partial charge on any atom is 0.286 e. The highest BCUT2D eigenvalue weighted by molar-refractivity contribution is 5.91. The summed E-state index contributed by atoms with van der Waals surface area (Å²) in [6.45, 7) is 4.65. The molecule has 1 rings (SSSR count). The van der Waals surface area contributed by atoms with Gasteiger partial charge in [0, 0.05) is 13.0 Å². The van der Waals surface area contributed by atoms with E-state index in [-0.39, 0.29) is 5.91 Å². The average molecular weight is 195 g/mol. The van der Waals surface area contributed by atoms with Gasteiger partial charge in [-0.2, -0.15) is 0 Å². The van der Waals surface area contributed by atoms with E-state index in [1.165, 1.54) is 0 Å². The van der Waals surface area contributed by atoms with E-state index in [0.29, 0.717) is 12.3 Å². The normalized spacial score (nSPS) is 10.1. The smallest absolute Gasteiger partial charge is 0.286 e. The van der Waals surface area contributed by atoms with Crippen LogP contribution in [0, 0.1) is 0 Å². The summed E-state index contributed by atoms with van der Waals surface area (Å²) in [6.07, 6.45) is 3.15. The van der Waals surface area contributed by atoms with E-state index in [2.05, 4.69) is 12.2 Å². The van der Waals surface area contributed by atoms with Crippen LogP contribution in [0.3, 0.4) is 0 Å². The van der Waals surface area contributed by atoms with E-state index in [1.54, 1.807) is 6.07 Å². The molecule has 0 atom stereocenters. The summed E-state index contributed by atoms with van der Waals surface area (Å²) in [5.41, 5.74) is 0. The molecule has 14 heavy (non-hydrogen) atoms. The fraction of sp³-hybridized carbons (Fsp3) is 0.545. The van der Waals surface area contributed by atoms with Crippen molar-refractivity contribution < 1.29 is 9.21 Å². The molecule has 0 aliphatic carbocycles. The van der Waals surface area contributed by atoms with Gasteiger partial charge < -0.3 is 9.73 Å². The second-order valence-electron chi connectivity index (χ2n) is 3.23. The third-order valence-corrected chi connectivity index (χ3v) is 2.00. The molecule has 1 amide bonds. The SMILES string of the molecule is CCCCc1ccc(C(=O)NCC)o1. The number of aryl methyl sites for hydroxylation is 1. The second kappa shape index (κ2) is 5.47. The Morgan fingerprint density at radius 2 is 2.21 bits per heavy atom. The van der Waals surface area contributed by atoms with E-state index in [9.17, 15) is 4.79 Å². The molecule has 1 heterocycles. The van der Waals surface area contributed by atoms with E-state index in [1.807, 2.05) is 13.0 Å². The Morgan fingerprint density at radius 1 is 1.43 bits per heavy atom. The van der Waals surface area contributed by atoms with Gasteiger partial charge in [0.05, 0.1) is 0 Å². The van der Waals surface area contributed by atoms with Crippen LogP contribution in [0.4, 0.5) is 0 Å². The summed E-state index contributed by atoms with van der Waals surface area (Å²) in [5.74, 6) is 1.18. The minimum Gasteiger partial charge on any atom is -0.456 e. The Labute approximate surface area is 84.5 Å². The van der Waals surface area contributed by atoms with Gasteiger partial charge in [-0.15, -0.1) is 0 Å². The Bertz CT molecular complexity index is 291. The summed E-state index contributed by atoms with van der Waals surface area (Å²) < 4.78 is 5.39. The molecule has 3 heteroatoms. The summed E-state index contributed by atoms with van der Waals surface area (Å²) in [7, 11) is 0. The maximum atomic E-state index is 11.3. The minimum atomic E-state index is -0.129. The van der Waals surface area contributed by atoms with Crippen LogP contribution in [0.1, 0.15) is 43.0 Å². The molecule has 0 aliphatic heterocycles. The lowest BCUT2D eigenvalue weighted by molar-refractivity contribution is 0.0926. The number of hydrogen-bond acceptors (Lipinski definition) is 2. The molecular weight excluding hydrogens is 178 g/mol. The van der Waals surface area contributed by atoms with Crippen molar-refractivity contribution >= 4 is 5.91 Å². The first-order valence-electron chi connectivity index (χ1n) is 5.14. The van der Waals surface area contributed by atoms with Crippen molar-refractivity contribution in [1.29, 1.82) is 0 Å². The lowest BCUT2D eigenvalue weighted by atomic mass is 10.2. The van der Waals surface area contributed by atoms with Gasteiger partial charge in [0.2, 0.25) is 0 Å². The largest absolute Gasteiger partial charge is 0.456 e. The van der Waals surface area contributed by atoms with Crippen LogP contribution in [0.5, 0.6) is 0 Å². The molecule has 1 aromatic heterocycles. The Morgan fingerprint density at radius 3 is 2.86 bits per heavy atom. The number of furan rings is 1. The fourth-order valence-corrected chi connectivity index (χ4v) is 1.23. The molecule has 0 unspecified atom stereocenters. The predicted octanol–water partition coefficient (Wildman–Crippen LogP) is 2.37. The van der Waals surface area contributed by atoms with E-state index in [4.69, 9.17) is 4.42 Å². The highest BCUT2D eigenvalue weighted by atomic mass is 16.3. The van der Waals surface area contributed by atoms with Crippen LogP contribution in [0.2, 0.25) is 0 Å². The van der Waals surface area contributed by atoms with Gasteiger partial charge >= 0.3 is 0 Å². The van der Waals surface area contributed by atoms with Crippen molar-refractivity contribution in [2.24, 2.45) is 0 Å². The van der Waals surface area contributed by atoms with Crippen LogP contribution in [-0.2, 0) is 6.42 Å². The molecule has 3 nitrogen and oxygen atoms in total. The molecular formula is C11H17NO2. The zero-order valence-electron chi connectivity index (χ0n) is 8.80. The predicted molar refractivity (Wildman–Crippen MR) is 55.3 cm³/mol. The van der Waals surface area contributed by atoms with Gasteiger partial charge in [0.1, 0.15) is 5.76 Å². The number of amides is 1. The van der Waals surface area contributed by atoms with Gasteiger partial charge in [-0.25, -0.2) is 0 Å². The standard InChI is InChI=1S/C11H17NO2/c1-3-5-6-9-7-8-10(14-9)11(13)12-4-2/h7-8H,3-6H2,1-2H3,(H,12,13). The van der Waals surface area contributed by atoms with E-state index >= 15 is 0 Å². The van der Waals surface area contributed by atoms with Crippen LogP contribution in [0.25, 0.3) is 0 Å². The lowest BCUT2D eigenvalue weighted by Crippen LogP contribution is -2.21. The number of nitrogens with one attached hydrogen (secondary N) is 1. The Kier molecular flexibility index (Phi) is 4.23. The van der Waals surface area contributed by atoms with Crippen LogP contribution in [-0.4, -0.2) is 12.5 Å². The van der Waals surface area contributed by atoms with Gasteiger partial charge in [0.25, 0.3) is 5.91 Å². The zero-order chi connectivity index (χ0) is 10.4. The number of rotatable bonds is 5. The fourth-order valence-electron chi connectivity index (χ4n) is 1.23. The zero-order valence-corrected chi connectivity index (χ0v) is 8.80. The lowest BCUT2D eigenvalue weighted by Gasteiger charge is -1.97. The topological polar surface area (TPSA) is 42.2 Å². The first-order valence-corrected chi connectivity index (χ1v) is 5.14. The van der Waals surface area contributed by atoms with Crippen molar-refractivity contribution in [3.8, 4) is 0 Å². The summed E-state index contributed by atoms with van der Waals surface area (Å²) in [4.78, 5) is 11.3. The van der Waals surface area contributed by atoms with Crippen molar-refractivity contribution in [2.75, 3.05) is 6.54 Å². The summed E-state index contributed by atoms with van der Waals surface area (Å²) in [5, 5.41) is 2.70. The minimum absolute atomic E-state index is 0.129. The van der Waals surface area contributed by atoms with Crippen LogP contribution in [0.15, 0.2) is 16.5 Å². The molecule has 78 valence electrons. The summed E-state index contributed by atoms with van der Waals surface area (Å²) >= 11 is 0. The Hall–Kier alpha value is -1.25. The highest BCUT2D eigenvalue weighted by Gasteiger charge is 2.08. The molecule has 0 radical (unpaired) electrons. The number of unbranched alkanes of at least 4 members (excludes halogenated alkanes) is 1. The maximum absolute atomic E-state index is 11.3. The summed E-state index contributed by atoms with van der Waals surface area (Å²) in [6, 6.07) is 3.61. The van der Waals surface area contributed by atoms with Gasteiger partial charge in [-0.05, 0) is 25.5 Å². The highest BCUT2D eigenvalue weighted by Crippen LogP contribution is 2.10. The molecule has 0 fully saturated rings. The molecule has 0 saturated carbocycles. The molecule has 0 bridgehead atoms. The molecule has 0 aliphatic rings. The number of hydrogen-bond donors (Lipinski definition) is 1. The first kappa shape index (κ1) is 10.8. The van der Waals surface area contributed by atoms with Crippen LogP contribution >= 0.6 is 0 Å². The molecule has 1 aromatic rings. The number of carbonyl (C=O) groups excluding carboxylic acids is 1. The molecule has 0 aromatic carbocycles. The monoisotopic (exact) mass is 195 g/mol. The quantitative estimate of drug-likeness (QED) is 0.783. The first-order chi connectivity index (χ1) is 6.77. The van der Waals surface area contributed by atoms with Gasteiger partial charge in [-0.3, -0.25) is 4.79 Å². The Balaban J connectivity index is 2.54. The third kappa shape index (κ3) is 2.91. The number of carbonyl (C=O) groups is 1. The molecule has 0 spiro atoms. The van der Waals surface area contributed by atoms with Crippen molar-refractivity contribution in [3.05, 3.63) is 23.7 Å². The van der Waals surface area contributed by atoms with E-state index < -0.39 is 0 Å². The van der Waals surface area contributed by atoms with Crippen molar-refractivity contribution in [3.63, 3.8) is 0 Å². The second-order valence-corrected chi connectivity index (χ2v) is 3.23. The molecule has 1 N–H and O–H groups in total. The van der Waals surface area contributed by atoms with Gasteiger partial charge in [0.15, 0.2) is 5.76 Å². The van der Waals surface area contributed by atoms with Crippen molar-refractivity contribution in [2.45, 2.75) is 33.1 Å².